The lowest BCUT2D eigenvalue weighted by Gasteiger charge is -2.04. The highest BCUT2D eigenvalue weighted by Crippen LogP contribution is 2.25. The van der Waals surface area contributed by atoms with Crippen LogP contribution >= 0.6 is 11.3 Å². The van der Waals surface area contributed by atoms with E-state index < -0.39 is 0 Å². The maximum Gasteiger partial charge on any atom is 0.0975 e. The summed E-state index contributed by atoms with van der Waals surface area (Å²) in [4.78, 5) is 6.05. The highest BCUT2D eigenvalue weighted by atomic mass is 32.1. The van der Waals surface area contributed by atoms with E-state index in [4.69, 9.17) is 4.98 Å². The number of fused-ring (bicyclic) bond motifs is 1. The van der Waals surface area contributed by atoms with Crippen LogP contribution < -0.4 is 5.32 Å². The van der Waals surface area contributed by atoms with Crippen LogP contribution in [0, 0.1) is 6.92 Å². The van der Waals surface area contributed by atoms with Crippen molar-refractivity contribution < 1.29 is 0 Å². The van der Waals surface area contributed by atoms with E-state index in [-0.39, 0.29) is 0 Å². The van der Waals surface area contributed by atoms with Gasteiger partial charge in [0.05, 0.1) is 10.7 Å². The highest BCUT2D eigenvalue weighted by Gasteiger charge is 2.09. The Bertz CT molecular complexity index is 725. The normalized spacial score (nSPS) is 11.1. The Labute approximate surface area is 123 Å². The van der Waals surface area contributed by atoms with E-state index in [2.05, 4.69) is 54.7 Å². The van der Waals surface area contributed by atoms with E-state index in [9.17, 15) is 0 Å². The number of thiazole rings is 1. The first kappa shape index (κ1) is 13.3. The molecule has 102 valence electrons. The molecule has 0 bridgehead atoms. The topological polar surface area (TPSA) is 24.9 Å². The van der Waals surface area contributed by atoms with E-state index in [0.717, 1.165) is 18.7 Å². The van der Waals surface area contributed by atoms with Crippen molar-refractivity contribution in [1.29, 1.82) is 0 Å². The van der Waals surface area contributed by atoms with Gasteiger partial charge in [-0.2, -0.15) is 0 Å². The summed E-state index contributed by atoms with van der Waals surface area (Å²) in [6.45, 7) is 2.99. The molecular formula is C17H18N2S. The van der Waals surface area contributed by atoms with E-state index in [1.807, 2.05) is 18.4 Å². The Morgan fingerprint density at radius 2 is 1.90 bits per heavy atom. The molecule has 0 unspecified atom stereocenters. The minimum absolute atomic E-state index is 0.902. The van der Waals surface area contributed by atoms with Gasteiger partial charge in [0.25, 0.3) is 0 Å². The van der Waals surface area contributed by atoms with Crippen LogP contribution in [0.25, 0.3) is 10.8 Å². The molecule has 2 nitrogen and oxygen atoms in total. The largest absolute Gasteiger partial charge is 0.315 e. The minimum atomic E-state index is 0.902. The van der Waals surface area contributed by atoms with Crippen LogP contribution in [0.5, 0.6) is 0 Å². The summed E-state index contributed by atoms with van der Waals surface area (Å²) in [5.74, 6) is 0. The second kappa shape index (κ2) is 5.73. The van der Waals surface area contributed by atoms with Gasteiger partial charge in [0.1, 0.15) is 0 Å². The minimum Gasteiger partial charge on any atom is -0.315 e. The molecule has 0 saturated carbocycles. The van der Waals surface area contributed by atoms with Crippen LogP contribution in [-0.4, -0.2) is 12.0 Å². The van der Waals surface area contributed by atoms with Gasteiger partial charge >= 0.3 is 0 Å². The Kier molecular flexibility index (Phi) is 3.81. The van der Waals surface area contributed by atoms with E-state index >= 15 is 0 Å². The van der Waals surface area contributed by atoms with Crippen molar-refractivity contribution in [2.45, 2.75) is 19.9 Å². The van der Waals surface area contributed by atoms with Crippen LogP contribution in [-0.2, 0) is 13.0 Å². The number of rotatable bonds is 4. The predicted molar refractivity (Wildman–Crippen MR) is 86.4 cm³/mol. The van der Waals surface area contributed by atoms with Crippen molar-refractivity contribution in [1.82, 2.24) is 10.3 Å². The molecule has 0 aliphatic carbocycles. The molecule has 0 saturated heterocycles. The number of nitrogens with zero attached hydrogens (tertiary/aromatic N) is 1. The molecule has 1 aromatic heterocycles. The van der Waals surface area contributed by atoms with Crippen LogP contribution in [0.2, 0.25) is 0 Å². The summed E-state index contributed by atoms with van der Waals surface area (Å²) in [5.41, 5.74) is 2.51. The first-order valence-electron chi connectivity index (χ1n) is 6.84. The van der Waals surface area contributed by atoms with E-state index in [1.54, 1.807) is 0 Å². The van der Waals surface area contributed by atoms with Gasteiger partial charge in [-0.1, -0.05) is 42.5 Å². The van der Waals surface area contributed by atoms with Crippen LogP contribution in [0.15, 0.2) is 42.5 Å². The molecule has 3 aromatic rings. The zero-order valence-electron chi connectivity index (χ0n) is 11.8. The van der Waals surface area contributed by atoms with Gasteiger partial charge < -0.3 is 5.32 Å². The van der Waals surface area contributed by atoms with Gasteiger partial charge in [0.2, 0.25) is 0 Å². The molecule has 1 heterocycles. The molecule has 0 fully saturated rings. The Morgan fingerprint density at radius 1 is 1.10 bits per heavy atom. The van der Waals surface area contributed by atoms with Crippen molar-refractivity contribution in [3.05, 3.63) is 63.6 Å². The van der Waals surface area contributed by atoms with Gasteiger partial charge in [-0.25, -0.2) is 4.98 Å². The summed E-state index contributed by atoms with van der Waals surface area (Å²) < 4.78 is 0. The maximum atomic E-state index is 4.71. The SMILES string of the molecule is CNCc1sc(Cc2cccc3ccccc23)nc1C. The zero-order chi connectivity index (χ0) is 13.9. The van der Waals surface area contributed by atoms with Crippen LogP contribution in [0.4, 0.5) is 0 Å². The summed E-state index contributed by atoms with van der Waals surface area (Å²) in [5, 5.41) is 7.03. The zero-order valence-corrected chi connectivity index (χ0v) is 12.6. The lowest BCUT2D eigenvalue weighted by Crippen LogP contribution is -2.04. The summed E-state index contributed by atoms with van der Waals surface area (Å²) in [6.07, 6.45) is 0.913. The Hall–Kier alpha value is -1.71. The summed E-state index contributed by atoms with van der Waals surface area (Å²) in [6, 6.07) is 15.1. The first-order valence-corrected chi connectivity index (χ1v) is 7.66. The van der Waals surface area contributed by atoms with Crippen LogP contribution in [0.1, 0.15) is 21.1 Å². The molecular weight excluding hydrogens is 264 g/mol. The second-order valence-corrected chi connectivity index (χ2v) is 6.13. The third kappa shape index (κ3) is 2.60. The lowest BCUT2D eigenvalue weighted by molar-refractivity contribution is 0.822. The van der Waals surface area contributed by atoms with E-state index in [0.29, 0.717) is 0 Å². The Balaban J connectivity index is 1.95. The van der Waals surface area contributed by atoms with Crippen molar-refractivity contribution in [3.8, 4) is 0 Å². The molecule has 20 heavy (non-hydrogen) atoms. The molecule has 0 radical (unpaired) electrons. The average Bonchev–Trinajstić information content (AvgIpc) is 2.80. The maximum absolute atomic E-state index is 4.71. The van der Waals surface area contributed by atoms with Crippen molar-refractivity contribution in [3.63, 3.8) is 0 Å². The monoisotopic (exact) mass is 282 g/mol. The molecule has 0 amide bonds. The number of benzene rings is 2. The standard InChI is InChI=1S/C17H18N2S/c1-12-16(11-18-2)20-17(19-12)10-14-8-5-7-13-6-3-4-9-15(13)14/h3-9,18H,10-11H2,1-2H3. The fourth-order valence-corrected chi connectivity index (χ4v) is 3.60. The number of aryl methyl sites for hydroxylation is 1. The molecule has 0 atom stereocenters. The van der Waals surface area contributed by atoms with Gasteiger partial charge in [-0.3, -0.25) is 0 Å². The predicted octanol–water partition coefficient (Wildman–Crippen LogP) is 3.91. The number of hydrogen-bond donors (Lipinski definition) is 1. The first-order chi connectivity index (χ1) is 9.78. The molecule has 3 rings (SSSR count). The smallest absolute Gasteiger partial charge is 0.0975 e. The molecule has 3 heteroatoms. The third-order valence-corrected chi connectivity index (χ3v) is 4.65. The van der Waals surface area contributed by atoms with Crippen LogP contribution in [0.3, 0.4) is 0 Å². The number of hydrogen-bond acceptors (Lipinski definition) is 3. The Morgan fingerprint density at radius 3 is 2.75 bits per heavy atom. The number of aromatic nitrogens is 1. The van der Waals surface area contributed by atoms with Gasteiger partial charge in [-0.15, -0.1) is 11.3 Å². The summed E-state index contributed by atoms with van der Waals surface area (Å²) in [7, 11) is 1.98. The molecule has 1 N–H and O–H groups in total. The molecule has 2 aromatic carbocycles. The van der Waals surface area contributed by atoms with Gasteiger partial charge in [0, 0.05) is 17.8 Å². The van der Waals surface area contributed by atoms with Crippen molar-refractivity contribution in [2.24, 2.45) is 0 Å². The summed E-state index contributed by atoms with van der Waals surface area (Å²) >= 11 is 1.81. The van der Waals surface area contributed by atoms with Gasteiger partial charge in [-0.05, 0) is 30.3 Å². The quantitative estimate of drug-likeness (QED) is 0.784. The molecule has 0 aliphatic rings. The highest BCUT2D eigenvalue weighted by molar-refractivity contribution is 7.11. The molecule has 0 spiro atoms. The second-order valence-electron chi connectivity index (χ2n) is 4.96. The third-order valence-electron chi connectivity index (χ3n) is 3.50. The average molecular weight is 282 g/mol. The number of nitrogens with one attached hydrogen (secondary N) is 1. The van der Waals surface area contributed by atoms with Crippen molar-refractivity contribution >= 4 is 22.1 Å². The van der Waals surface area contributed by atoms with Crippen molar-refractivity contribution in [2.75, 3.05) is 7.05 Å². The fraction of sp³-hybridized carbons (Fsp3) is 0.235. The van der Waals surface area contributed by atoms with E-state index in [1.165, 1.54) is 26.2 Å². The molecule has 0 aliphatic heterocycles. The fourth-order valence-electron chi connectivity index (χ4n) is 2.50. The van der Waals surface area contributed by atoms with Gasteiger partial charge in [0.15, 0.2) is 0 Å². The lowest BCUT2D eigenvalue weighted by atomic mass is 10.0.